The number of hydrogen-bond acceptors (Lipinski definition) is 1. The summed E-state index contributed by atoms with van der Waals surface area (Å²) in [6.45, 7) is 0. The van der Waals surface area contributed by atoms with Crippen LogP contribution in [0.25, 0.3) is 0 Å². The Hall–Kier alpha value is -0.370. The van der Waals surface area contributed by atoms with Crippen LogP contribution in [0.1, 0.15) is 30.7 Å². The van der Waals surface area contributed by atoms with Gasteiger partial charge in [0, 0.05) is 17.2 Å². The Bertz CT molecular complexity index is 247. The second-order valence-corrected chi connectivity index (χ2v) is 4.69. The number of pyridine rings is 1. The van der Waals surface area contributed by atoms with Crippen molar-refractivity contribution in [1.29, 1.82) is 0 Å². The fourth-order valence-electron chi connectivity index (χ4n) is 1.85. The maximum Gasteiger partial charge on any atom is 0.0302 e. The highest BCUT2D eigenvalue weighted by molar-refractivity contribution is 9.09. The first kappa shape index (κ1) is 8.24. The van der Waals surface area contributed by atoms with Crippen molar-refractivity contribution in [3.8, 4) is 0 Å². The highest BCUT2D eigenvalue weighted by Crippen LogP contribution is 2.37. The van der Waals surface area contributed by atoms with Crippen molar-refractivity contribution in [2.24, 2.45) is 0 Å². The molecule has 0 amide bonds. The van der Waals surface area contributed by atoms with Gasteiger partial charge in [0.05, 0.1) is 0 Å². The van der Waals surface area contributed by atoms with Crippen LogP contribution >= 0.6 is 15.9 Å². The molecule has 1 aliphatic carbocycles. The van der Waals surface area contributed by atoms with Gasteiger partial charge in [-0.2, -0.15) is 0 Å². The number of hydrogen-bond donors (Lipinski definition) is 0. The van der Waals surface area contributed by atoms with Gasteiger partial charge in [-0.1, -0.05) is 22.0 Å². The SMILES string of the molecule is BrC1CCC(c2cccnc2)C1. The lowest BCUT2D eigenvalue weighted by molar-refractivity contribution is 0.721. The van der Waals surface area contributed by atoms with Crippen LogP contribution < -0.4 is 0 Å². The summed E-state index contributed by atoms with van der Waals surface area (Å²) >= 11 is 3.66. The van der Waals surface area contributed by atoms with Gasteiger partial charge in [-0.15, -0.1) is 0 Å². The molecule has 1 nitrogen and oxygen atoms in total. The summed E-state index contributed by atoms with van der Waals surface area (Å²) in [5, 5.41) is 0. The summed E-state index contributed by atoms with van der Waals surface area (Å²) in [6, 6.07) is 4.21. The molecule has 0 aromatic carbocycles. The van der Waals surface area contributed by atoms with Crippen molar-refractivity contribution in [2.75, 3.05) is 0 Å². The Morgan fingerprint density at radius 3 is 2.92 bits per heavy atom. The third-order valence-corrected chi connectivity index (χ3v) is 3.36. The molecular weight excluding hydrogens is 214 g/mol. The van der Waals surface area contributed by atoms with Gasteiger partial charge >= 0.3 is 0 Å². The van der Waals surface area contributed by atoms with Crippen LogP contribution in [0.4, 0.5) is 0 Å². The molecule has 64 valence electrons. The molecule has 1 aromatic heterocycles. The number of alkyl halides is 1. The second-order valence-electron chi connectivity index (χ2n) is 3.39. The van der Waals surface area contributed by atoms with E-state index in [1.54, 1.807) is 0 Å². The molecule has 2 heteroatoms. The average molecular weight is 226 g/mol. The standard InChI is InChI=1S/C10H12BrN/c11-10-4-3-8(6-10)9-2-1-5-12-7-9/h1-2,5,7-8,10H,3-4,6H2. The molecule has 1 aliphatic rings. The molecule has 0 saturated heterocycles. The van der Waals surface area contributed by atoms with E-state index in [0.717, 1.165) is 10.7 Å². The van der Waals surface area contributed by atoms with Crippen molar-refractivity contribution in [2.45, 2.75) is 30.0 Å². The van der Waals surface area contributed by atoms with E-state index < -0.39 is 0 Å². The Morgan fingerprint density at radius 1 is 1.42 bits per heavy atom. The Morgan fingerprint density at radius 2 is 2.33 bits per heavy atom. The summed E-state index contributed by atoms with van der Waals surface area (Å²) in [6.07, 6.45) is 7.71. The van der Waals surface area contributed by atoms with Gasteiger partial charge in [0.2, 0.25) is 0 Å². The molecule has 0 aliphatic heterocycles. The molecule has 0 radical (unpaired) electrons. The van der Waals surface area contributed by atoms with E-state index in [1.807, 2.05) is 18.5 Å². The third kappa shape index (κ3) is 1.69. The zero-order valence-electron chi connectivity index (χ0n) is 6.91. The Balaban J connectivity index is 2.11. The van der Waals surface area contributed by atoms with Gasteiger partial charge in [-0.3, -0.25) is 4.98 Å². The fourth-order valence-corrected chi connectivity index (χ4v) is 2.56. The first-order valence-electron chi connectivity index (χ1n) is 4.40. The Kier molecular flexibility index (Phi) is 2.45. The maximum absolute atomic E-state index is 4.14. The maximum atomic E-state index is 4.14. The fraction of sp³-hybridized carbons (Fsp3) is 0.500. The van der Waals surface area contributed by atoms with Crippen molar-refractivity contribution in [3.63, 3.8) is 0 Å². The van der Waals surface area contributed by atoms with Gasteiger partial charge < -0.3 is 0 Å². The van der Waals surface area contributed by atoms with E-state index in [1.165, 1.54) is 24.8 Å². The summed E-state index contributed by atoms with van der Waals surface area (Å²) in [4.78, 5) is 4.86. The topological polar surface area (TPSA) is 12.9 Å². The predicted octanol–water partition coefficient (Wildman–Crippen LogP) is 3.11. The van der Waals surface area contributed by atoms with E-state index in [4.69, 9.17) is 0 Å². The van der Waals surface area contributed by atoms with E-state index in [0.29, 0.717) is 0 Å². The molecule has 12 heavy (non-hydrogen) atoms. The second kappa shape index (κ2) is 3.56. The summed E-state index contributed by atoms with van der Waals surface area (Å²) in [5.41, 5.74) is 1.40. The van der Waals surface area contributed by atoms with Crippen LogP contribution in [0.15, 0.2) is 24.5 Å². The van der Waals surface area contributed by atoms with Gasteiger partial charge in [0.25, 0.3) is 0 Å². The largest absolute Gasteiger partial charge is 0.264 e. The summed E-state index contributed by atoms with van der Waals surface area (Å²) in [5.74, 6) is 0.739. The lowest BCUT2D eigenvalue weighted by Crippen LogP contribution is -1.94. The minimum Gasteiger partial charge on any atom is -0.264 e. The zero-order chi connectivity index (χ0) is 8.39. The normalized spacial score (nSPS) is 29.1. The van der Waals surface area contributed by atoms with Crippen molar-refractivity contribution in [1.82, 2.24) is 4.98 Å². The molecule has 1 heterocycles. The lowest BCUT2D eigenvalue weighted by atomic mass is 10.00. The van der Waals surface area contributed by atoms with Crippen molar-refractivity contribution in [3.05, 3.63) is 30.1 Å². The molecule has 2 unspecified atom stereocenters. The van der Waals surface area contributed by atoms with Crippen molar-refractivity contribution >= 4 is 15.9 Å². The Labute approximate surface area is 81.3 Å². The molecule has 2 atom stereocenters. The first-order chi connectivity index (χ1) is 5.86. The van der Waals surface area contributed by atoms with Crippen LogP contribution in [-0.2, 0) is 0 Å². The van der Waals surface area contributed by atoms with Crippen LogP contribution in [0.5, 0.6) is 0 Å². The lowest BCUT2D eigenvalue weighted by Gasteiger charge is -2.07. The molecule has 0 N–H and O–H groups in total. The highest BCUT2D eigenvalue weighted by atomic mass is 79.9. The summed E-state index contributed by atoms with van der Waals surface area (Å²) in [7, 11) is 0. The van der Waals surface area contributed by atoms with E-state index >= 15 is 0 Å². The van der Waals surface area contributed by atoms with Crippen LogP contribution in [0.3, 0.4) is 0 Å². The number of nitrogens with zero attached hydrogens (tertiary/aromatic N) is 1. The van der Waals surface area contributed by atoms with Crippen molar-refractivity contribution < 1.29 is 0 Å². The van der Waals surface area contributed by atoms with Gasteiger partial charge in [0.15, 0.2) is 0 Å². The molecule has 1 fully saturated rings. The zero-order valence-corrected chi connectivity index (χ0v) is 8.50. The monoisotopic (exact) mass is 225 g/mol. The number of aromatic nitrogens is 1. The molecule has 1 aromatic rings. The predicted molar refractivity (Wildman–Crippen MR) is 53.5 cm³/mol. The van der Waals surface area contributed by atoms with E-state index in [9.17, 15) is 0 Å². The molecular formula is C10H12BrN. The summed E-state index contributed by atoms with van der Waals surface area (Å²) < 4.78 is 0. The van der Waals surface area contributed by atoms with Gasteiger partial charge in [-0.25, -0.2) is 0 Å². The molecule has 1 saturated carbocycles. The van der Waals surface area contributed by atoms with Gasteiger partial charge in [-0.05, 0) is 36.8 Å². The van der Waals surface area contributed by atoms with Gasteiger partial charge in [0.1, 0.15) is 0 Å². The number of rotatable bonds is 1. The first-order valence-corrected chi connectivity index (χ1v) is 5.32. The molecule has 0 bridgehead atoms. The van der Waals surface area contributed by atoms with Crippen LogP contribution in [0.2, 0.25) is 0 Å². The van der Waals surface area contributed by atoms with E-state index in [2.05, 4.69) is 27.0 Å². The van der Waals surface area contributed by atoms with Crippen LogP contribution in [0, 0.1) is 0 Å². The quantitative estimate of drug-likeness (QED) is 0.670. The average Bonchev–Trinajstić information content (AvgIpc) is 2.54. The minimum atomic E-state index is 0.725. The third-order valence-electron chi connectivity index (χ3n) is 2.52. The van der Waals surface area contributed by atoms with E-state index in [-0.39, 0.29) is 0 Å². The highest BCUT2D eigenvalue weighted by Gasteiger charge is 2.23. The minimum absolute atomic E-state index is 0.725. The molecule has 2 rings (SSSR count). The molecule has 0 spiro atoms. The number of halogens is 1. The smallest absolute Gasteiger partial charge is 0.0302 e. The van der Waals surface area contributed by atoms with Crippen LogP contribution in [-0.4, -0.2) is 9.81 Å².